The third kappa shape index (κ3) is 2.16. The van der Waals surface area contributed by atoms with Crippen LogP contribution in [0.2, 0.25) is 5.15 Å². The predicted molar refractivity (Wildman–Crippen MR) is 73.0 cm³/mol. The van der Waals surface area contributed by atoms with E-state index in [9.17, 15) is 4.39 Å². The summed E-state index contributed by atoms with van der Waals surface area (Å²) in [6, 6.07) is 6.79. The van der Waals surface area contributed by atoms with E-state index in [0.29, 0.717) is 5.15 Å². The van der Waals surface area contributed by atoms with Gasteiger partial charge in [-0.3, -0.25) is 0 Å². The second kappa shape index (κ2) is 4.78. The van der Waals surface area contributed by atoms with Gasteiger partial charge in [0.2, 0.25) is 0 Å². The molecule has 0 amide bonds. The van der Waals surface area contributed by atoms with Gasteiger partial charge in [-0.05, 0) is 30.2 Å². The SMILES string of the molecule is CCC1Nc2cc(F)ccc2C1c1cc(Cl)ncn1. The van der Waals surface area contributed by atoms with Crippen LogP contribution in [0.4, 0.5) is 10.1 Å². The molecule has 2 atom stereocenters. The molecule has 3 rings (SSSR count). The third-order valence-electron chi connectivity index (χ3n) is 3.51. The second-order valence-electron chi connectivity index (χ2n) is 4.63. The maximum atomic E-state index is 13.3. The number of hydrogen-bond donors (Lipinski definition) is 1. The molecule has 1 aliphatic heterocycles. The zero-order valence-electron chi connectivity index (χ0n) is 10.4. The lowest BCUT2D eigenvalue weighted by Crippen LogP contribution is -2.21. The summed E-state index contributed by atoms with van der Waals surface area (Å²) in [4.78, 5) is 8.22. The third-order valence-corrected chi connectivity index (χ3v) is 3.71. The number of aromatic nitrogens is 2. The Morgan fingerprint density at radius 3 is 2.89 bits per heavy atom. The lowest BCUT2D eigenvalue weighted by atomic mass is 9.90. The van der Waals surface area contributed by atoms with Crippen LogP contribution in [0.15, 0.2) is 30.6 Å². The van der Waals surface area contributed by atoms with E-state index in [1.807, 2.05) is 6.07 Å². The van der Waals surface area contributed by atoms with Gasteiger partial charge in [-0.1, -0.05) is 24.6 Å². The summed E-state index contributed by atoms with van der Waals surface area (Å²) < 4.78 is 13.3. The zero-order valence-corrected chi connectivity index (χ0v) is 11.2. The maximum absolute atomic E-state index is 13.3. The monoisotopic (exact) mass is 277 g/mol. The van der Waals surface area contributed by atoms with E-state index in [2.05, 4.69) is 22.2 Å². The van der Waals surface area contributed by atoms with Crippen LogP contribution in [0.3, 0.4) is 0 Å². The summed E-state index contributed by atoms with van der Waals surface area (Å²) in [7, 11) is 0. The van der Waals surface area contributed by atoms with E-state index in [0.717, 1.165) is 23.4 Å². The van der Waals surface area contributed by atoms with E-state index in [1.54, 1.807) is 6.07 Å². The molecular formula is C14H13ClFN3. The number of fused-ring (bicyclic) bond motifs is 1. The molecule has 2 heterocycles. The smallest absolute Gasteiger partial charge is 0.132 e. The quantitative estimate of drug-likeness (QED) is 0.852. The number of halogens is 2. The van der Waals surface area contributed by atoms with Crippen LogP contribution in [-0.2, 0) is 0 Å². The molecule has 1 aromatic heterocycles. The molecule has 0 aliphatic carbocycles. The Hall–Kier alpha value is -1.68. The average molecular weight is 278 g/mol. The van der Waals surface area contributed by atoms with Crippen molar-refractivity contribution in [3.63, 3.8) is 0 Å². The largest absolute Gasteiger partial charge is 0.381 e. The molecule has 2 aromatic rings. The van der Waals surface area contributed by atoms with Gasteiger partial charge in [-0.25, -0.2) is 14.4 Å². The molecule has 1 aliphatic rings. The molecular weight excluding hydrogens is 265 g/mol. The molecule has 2 unspecified atom stereocenters. The van der Waals surface area contributed by atoms with Gasteiger partial charge in [0.25, 0.3) is 0 Å². The van der Waals surface area contributed by atoms with Crippen molar-refractivity contribution >= 4 is 17.3 Å². The van der Waals surface area contributed by atoms with E-state index < -0.39 is 0 Å². The normalized spacial score (nSPS) is 21.0. The van der Waals surface area contributed by atoms with Crippen molar-refractivity contribution in [2.24, 2.45) is 0 Å². The average Bonchev–Trinajstić information content (AvgIpc) is 2.76. The van der Waals surface area contributed by atoms with Crippen molar-refractivity contribution in [3.05, 3.63) is 52.8 Å². The molecule has 0 fully saturated rings. The molecule has 5 heteroatoms. The highest BCUT2D eigenvalue weighted by molar-refractivity contribution is 6.29. The van der Waals surface area contributed by atoms with Gasteiger partial charge < -0.3 is 5.32 Å². The fraction of sp³-hybridized carbons (Fsp3) is 0.286. The highest BCUT2D eigenvalue weighted by atomic mass is 35.5. The number of anilines is 1. The summed E-state index contributed by atoms with van der Waals surface area (Å²) >= 11 is 5.93. The van der Waals surface area contributed by atoms with Gasteiger partial charge in [0.15, 0.2) is 0 Å². The van der Waals surface area contributed by atoms with Gasteiger partial charge in [-0.15, -0.1) is 0 Å². The van der Waals surface area contributed by atoms with Gasteiger partial charge in [0.1, 0.15) is 17.3 Å². The molecule has 1 N–H and O–H groups in total. The van der Waals surface area contributed by atoms with Crippen molar-refractivity contribution in [2.75, 3.05) is 5.32 Å². The van der Waals surface area contributed by atoms with E-state index >= 15 is 0 Å². The maximum Gasteiger partial charge on any atom is 0.132 e. The first-order valence-corrected chi connectivity index (χ1v) is 6.60. The minimum absolute atomic E-state index is 0.0844. The van der Waals surface area contributed by atoms with Crippen LogP contribution < -0.4 is 5.32 Å². The van der Waals surface area contributed by atoms with Crippen LogP contribution in [0.1, 0.15) is 30.5 Å². The highest BCUT2D eigenvalue weighted by Crippen LogP contribution is 2.41. The fourth-order valence-corrected chi connectivity index (χ4v) is 2.80. The molecule has 0 saturated heterocycles. The standard InChI is InChI=1S/C14H13ClFN3/c1-2-10-14(12-6-13(15)18-7-17-12)9-4-3-8(16)5-11(9)19-10/h3-7,10,14,19H,2H2,1H3. The molecule has 19 heavy (non-hydrogen) atoms. The number of hydrogen-bond acceptors (Lipinski definition) is 3. The lowest BCUT2D eigenvalue weighted by Gasteiger charge is -2.18. The molecule has 0 spiro atoms. The Morgan fingerprint density at radius 1 is 1.32 bits per heavy atom. The Labute approximate surface area is 115 Å². The van der Waals surface area contributed by atoms with Crippen molar-refractivity contribution in [1.29, 1.82) is 0 Å². The van der Waals surface area contributed by atoms with Crippen molar-refractivity contribution in [2.45, 2.75) is 25.3 Å². The zero-order chi connectivity index (χ0) is 13.4. The summed E-state index contributed by atoms with van der Waals surface area (Å²) in [5, 5.41) is 3.78. The van der Waals surface area contributed by atoms with Gasteiger partial charge in [0, 0.05) is 17.6 Å². The van der Waals surface area contributed by atoms with Gasteiger partial charge >= 0.3 is 0 Å². The van der Waals surface area contributed by atoms with E-state index in [-0.39, 0.29) is 17.8 Å². The van der Waals surface area contributed by atoms with Crippen molar-refractivity contribution < 1.29 is 4.39 Å². The Kier molecular flexibility index (Phi) is 3.11. The first-order chi connectivity index (χ1) is 9.19. The molecule has 0 bridgehead atoms. The van der Waals surface area contributed by atoms with E-state index in [1.165, 1.54) is 18.5 Å². The molecule has 0 saturated carbocycles. The molecule has 3 nitrogen and oxygen atoms in total. The minimum Gasteiger partial charge on any atom is -0.381 e. The number of nitrogens with zero attached hydrogens (tertiary/aromatic N) is 2. The molecule has 1 aromatic carbocycles. The molecule has 0 radical (unpaired) electrons. The van der Waals surface area contributed by atoms with Crippen LogP contribution in [0.25, 0.3) is 0 Å². The highest BCUT2D eigenvalue weighted by Gasteiger charge is 2.33. The first kappa shape index (κ1) is 12.4. The Bertz CT molecular complexity index is 617. The van der Waals surface area contributed by atoms with Gasteiger partial charge in [-0.2, -0.15) is 0 Å². The lowest BCUT2D eigenvalue weighted by molar-refractivity contribution is 0.626. The van der Waals surface area contributed by atoms with Crippen LogP contribution >= 0.6 is 11.6 Å². The van der Waals surface area contributed by atoms with Crippen LogP contribution in [0, 0.1) is 5.82 Å². The first-order valence-electron chi connectivity index (χ1n) is 6.22. The van der Waals surface area contributed by atoms with Crippen LogP contribution in [0.5, 0.6) is 0 Å². The topological polar surface area (TPSA) is 37.8 Å². The van der Waals surface area contributed by atoms with Crippen molar-refractivity contribution in [3.8, 4) is 0 Å². The fourth-order valence-electron chi connectivity index (χ4n) is 2.65. The summed E-state index contributed by atoms with van der Waals surface area (Å²) in [6.45, 7) is 2.09. The summed E-state index contributed by atoms with van der Waals surface area (Å²) in [5.74, 6) is -0.149. The van der Waals surface area contributed by atoms with Gasteiger partial charge in [0.05, 0.1) is 5.69 Å². The number of nitrogens with one attached hydrogen (secondary N) is 1. The number of benzene rings is 1. The number of rotatable bonds is 2. The van der Waals surface area contributed by atoms with Crippen LogP contribution in [-0.4, -0.2) is 16.0 Å². The van der Waals surface area contributed by atoms with Crippen molar-refractivity contribution in [1.82, 2.24) is 9.97 Å². The van der Waals surface area contributed by atoms with E-state index in [4.69, 9.17) is 11.6 Å². The molecule has 98 valence electrons. The Morgan fingerprint density at radius 2 is 2.16 bits per heavy atom. The Balaban J connectivity index is 2.09. The summed E-state index contributed by atoms with van der Waals surface area (Å²) in [5.41, 5.74) is 2.76. The predicted octanol–water partition coefficient (Wildman–Crippen LogP) is 3.61. The second-order valence-corrected chi connectivity index (χ2v) is 5.02. The minimum atomic E-state index is -0.234. The summed E-state index contributed by atoms with van der Waals surface area (Å²) in [6.07, 6.45) is 2.38.